The van der Waals surface area contributed by atoms with E-state index in [0.29, 0.717) is 0 Å². The number of carbonyl (C=O) groups is 2. The van der Waals surface area contributed by atoms with Crippen molar-refractivity contribution in [1.29, 1.82) is 0 Å². The molecule has 51 heavy (non-hydrogen) atoms. The maximum atomic E-state index is 14.4. The lowest BCUT2D eigenvalue weighted by Crippen LogP contribution is -2.43. The number of carboxylic acids is 1. The average molecular weight is 719 g/mol. The smallest absolute Gasteiger partial charge is 0.480 e. The van der Waals surface area contributed by atoms with Crippen molar-refractivity contribution in [2.24, 2.45) is 0 Å². The molecule has 0 radical (unpaired) electrons. The van der Waals surface area contributed by atoms with E-state index in [1.165, 1.54) is 30.3 Å². The molecule has 0 saturated heterocycles. The lowest BCUT2D eigenvalue weighted by atomic mass is 9.98. The number of nitro groups is 1. The van der Waals surface area contributed by atoms with Crippen molar-refractivity contribution in [2.75, 3.05) is 6.61 Å². The summed E-state index contributed by atoms with van der Waals surface area (Å²) in [6.45, 7) is -2.13. The average Bonchev–Trinajstić information content (AvgIpc) is 3.42. The molecular formula is C35H28FN2O12P. The van der Waals surface area contributed by atoms with E-state index >= 15 is 0 Å². The molecular weight excluding hydrogens is 690 g/mol. The first-order chi connectivity index (χ1) is 24.5. The molecule has 5 aromatic rings. The molecule has 262 valence electrons. The maximum Gasteiger partial charge on any atom is 0.527 e. The Kier molecular flexibility index (Phi) is 9.96. The van der Waals surface area contributed by atoms with Gasteiger partial charge in [-0.2, -0.15) is 0 Å². The molecule has 1 heterocycles. The van der Waals surface area contributed by atoms with Gasteiger partial charge in [0.2, 0.25) is 0 Å². The summed E-state index contributed by atoms with van der Waals surface area (Å²) in [5, 5.41) is 23.6. The van der Waals surface area contributed by atoms with Gasteiger partial charge >= 0.3 is 25.5 Å². The summed E-state index contributed by atoms with van der Waals surface area (Å²) in [5.41, 5.74) is 1.72. The van der Waals surface area contributed by atoms with E-state index < -0.39 is 73.1 Å². The van der Waals surface area contributed by atoms with Crippen molar-refractivity contribution < 1.29 is 51.7 Å². The number of nitrogens with one attached hydrogen (secondary N) is 1. The van der Waals surface area contributed by atoms with Crippen LogP contribution in [0.25, 0.3) is 22.1 Å². The Morgan fingerprint density at radius 1 is 0.980 bits per heavy atom. The van der Waals surface area contributed by atoms with E-state index in [2.05, 4.69) is 5.32 Å². The number of fused-ring (bicyclic) bond motifs is 4. The third-order valence-electron chi connectivity index (χ3n) is 8.33. The number of ether oxygens (including phenoxy) is 1. The van der Waals surface area contributed by atoms with E-state index in [9.17, 15) is 43.5 Å². The minimum absolute atomic E-state index is 0.0279. The Hall–Kier alpha value is -5.89. The summed E-state index contributed by atoms with van der Waals surface area (Å²) in [6, 6.07) is 22.4. The van der Waals surface area contributed by atoms with E-state index in [0.717, 1.165) is 34.4 Å². The normalized spacial score (nSPS) is 13.8. The number of carboxylic acid groups (broad SMARTS) is 1. The number of rotatable bonds is 13. The van der Waals surface area contributed by atoms with Gasteiger partial charge in [-0.25, -0.2) is 23.3 Å². The predicted molar refractivity (Wildman–Crippen MR) is 179 cm³/mol. The molecule has 1 aliphatic rings. The highest BCUT2D eigenvalue weighted by molar-refractivity contribution is 7.47. The van der Waals surface area contributed by atoms with Crippen LogP contribution in [0.4, 0.5) is 14.9 Å². The van der Waals surface area contributed by atoms with E-state index in [1.54, 1.807) is 0 Å². The number of hydrogen-bond acceptors (Lipinski definition) is 10. The summed E-state index contributed by atoms with van der Waals surface area (Å²) in [6.07, 6.45) is -1.47. The zero-order chi connectivity index (χ0) is 36.3. The molecule has 0 aliphatic heterocycles. The zero-order valence-corrected chi connectivity index (χ0v) is 27.3. The van der Waals surface area contributed by atoms with Gasteiger partial charge in [-0.05, 0) is 46.0 Å². The number of alkyl halides is 1. The van der Waals surface area contributed by atoms with Gasteiger partial charge < -0.3 is 24.1 Å². The Labute approximate surface area is 287 Å². The van der Waals surface area contributed by atoms with Crippen LogP contribution in [-0.2, 0) is 38.3 Å². The highest BCUT2D eigenvalue weighted by atomic mass is 31.2. The number of nitrogens with zero attached hydrogens (tertiary/aromatic N) is 1. The standard InChI is InChI=1S/C35H28FN2O12P/c36-17-27-31(50-51(45,46)48-18-20-7-1-6-12-30(20)38(43)44)14-13-22-21(16-32(39)49-33(22)27)15-29(34(40)41)37-35(42)47-19-28-25-10-4-2-8-23(25)24-9-3-5-11-26(24)28/h1-14,16,28-29H,15,17-19H2,(H,37,42)(H,40,41)(H,45,46)/t29-/m0/s1. The molecule has 0 bridgehead atoms. The highest BCUT2D eigenvalue weighted by Gasteiger charge is 2.31. The molecule has 14 nitrogen and oxygen atoms in total. The number of phosphoric ester groups is 1. The van der Waals surface area contributed by atoms with Gasteiger partial charge in [0, 0.05) is 29.9 Å². The van der Waals surface area contributed by atoms with Crippen LogP contribution >= 0.6 is 7.82 Å². The fourth-order valence-corrected chi connectivity index (χ4v) is 6.80. The van der Waals surface area contributed by atoms with Crippen molar-refractivity contribution in [1.82, 2.24) is 5.32 Å². The van der Waals surface area contributed by atoms with Gasteiger partial charge in [-0.15, -0.1) is 0 Å². The van der Waals surface area contributed by atoms with Gasteiger partial charge in [0.1, 0.15) is 30.7 Å². The quantitative estimate of drug-likeness (QED) is 0.0524. The first kappa shape index (κ1) is 35.0. The number of alkyl carbamates (subject to hydrolysis) is 1. The Balaban J connectivity index is 1.18. The second kappa shape index (κ2) is 14.5. The molecule has 1 aliphatic carbocycles. The molecule has 1 unspecified atom stereocenters. The van der Waals surface area contributed by atoms with Crippen LogP contribution in [0.15, 0.2) is 100 Å². The second-order valence-electron chi connectivity index (χ2n) is 11.4. The molecule has 0 saturated carbocycles. The number of phosphoric acid groups is 1. The second-order valence-corrected chi connectivity index (χ2v) is 12.8. The topological polar surface area (TPSA) is 205 Å². The molecule has 4 aromatic carbocycles. The Morgan fingerprint density at radius 2 is 1.63 bits per heavy atom. The first-order valence-corrected chi connectivity index (χ1v) is 16.8. The monoisotopic (exact) mass is 718 g/mol. The maximum absolute atomic E-state index is 14.4. The van der Waals surface area contributed by atoms with Crippen LogP contribution in [-0.4, -0.2) is 39.6 Å². The van der Waals surface area contributed by atoms with Crippen LogP contribution in [0.5, 0.6) is 5.75 Å². The van der Waals surface area contributed by atoms with Crippen molar-refractivity contribution in [2.45, 2.75) is 31.7 Å². The summed E-state index contributed by atoms with van der Waals surface area (Å²) < 4.78 is 47.9. The summed E-state index contributed by atoms with van der Waals surface area (Å²) >= 11 is 0. The molecule has 3 N–H and O–H groups in total. The molecule has 16 heteroatoms. The lowest BCUT2D eigenvalue weighted by molar-refractivity contribution is -0.385. The number of amides is 1. The lowest BCUT2D eigenvalue weighted by Gasteiger charge is -2.19. The largest absolute Gasteiger partial charge is 0.527 e. The van der Waals surface area contributed by atoms with Crippen molar-refractivity contribution in [3.8, 4) is 16.9 Å². The van der Waals surface area contributed by atoms with Crippen LogP contribution in [0.3, 0.4) is 0 Å². The van der Waals surface area contributed by atoms with E-state index in [4.69, 9.17) is 18.2 Å². The van der Waals surface area contributed by atoms with E-state index in [-0.39, 0.29) is 34.7 Å². The summed E-state index contributed by atoms with van der Waals surface area (Å²) in [7, 11) is -5.02. The number of aliphatic carboxylic acids is 1. The number of hydrogen-bond donors (Lipinski definition) is 3. The zero-order valence-electron chi connectivity index (χ0n) is 26.4. The predicted octanol–water partition coefficient (Wildman–Crippen LogP) is 6.40. The van der Waals surface area contributed by atoms with Crippen molar-refractivity contribution >= 4 is 36.5 Å². The molecule has 2 atom stereocenters. The minimum atomic E-state index is -5.02. The SMILES string of the molecule is O=C(N[C@@H](Cc1cc(=O)oc2c(CF)c(OP(=O)(O)OCc3ccccc3[N+](=O)[O-])ccc12)C(=O)O)OCC1c2ccccc2-c2ccccc21. The number of halogens is 1. The van der Waals surface area contributed by atoms with Gasteiger partial charge in [-0.1, -0.05) is 60.7 Å². The fourth-order valence-electron chi connectivity index (χ4n) is 6.03. The van der Waals surface area contributed by atoms with Crippen LogP contribution in [0.1, 0.15) is 33.7 Å². The number of carbonyl (C=O) groups excluding carboxylic acids is 1. The fraction of sp³-hybridized carbons (Fsp3) is 0.171. The van der Waals surface area contributed by atoms with Gasteiger partial charge in [0.05, 0.1) is 22.7 Å². The van der Waals surface area contributed by atoms with E-state index in [1.807, 2.05) is 48.5 Å². The Bertz CT molecular complexity index is 2230. The van der Waals surface area contributed by atoms with Crippen molar-refractivity contribution in [3.63, 3.8) is 0 Å². The third-order valence-corrected chi connectivity index (χ3v) is 9.22. The van der Waals surface area contributed by atoms with Gasteiger partial charge in [0.15, 0.2) is 0 Å². The van der Waals surface area contributed by atoms with Crippen LogP contribution in [0, 0.1) is 10.1 Å². The summed E-state index contributed by atoms with van der Waals surface area (Å²) in [5.74, 6) is -2.26. The van der Waals surface area contributed by atoms with Gasteiger partial charge in [0.25, 0.3) is 5.69 Å². The molecule has 0 spiro atoms. The third kappa shape index (κ3) is 7.50. The number of benzene rings is 4. The number of para-hydroxylation sites is 1. The molecule has 1 amide bonds. The molecule has 0 fully saturated rings. The molecule has 1 aromatic heterocycles. The minimum Gasteiger partial charge on any atom is -0.480 e. The first-order valence-electron chi connectivity index (χ1n) is 15.3. The van der Waals surface area contributed by atoms with Crippen molar-refractivity contribution in [3.05, 3.63) is 139 Å². The summed E-state index contributed by atoms with van der Waals surface area (Å²) in [4.78, 5) is 58.6. The van der Waals surface area contributed by atoms with Gasteiger partial charge in [-0.3, -0.25) is 19.5 Å². The highest BCUT2D eigenvalue weighted by Crippen LogP contribution is 2.47. The Morgan fingerprint density at radius 3 is 2.27 bits per heavy atom. The molecule has 6 rings (SSSR count). The van der Waals surface area contributed by atoms with Crippen LogP contribution in [0.2, 0.25) is 0 Å². The van der Waals surface area contributed by atoms with Crippen LogP contribution < -0.4 is 15.5 Å². The number of nitro benzene ring substituents is 1.